The molecule has 34 heavy (non-hydrogen) atoms. The smallest absolute Gasteiger partial charge is 0.346 e. The summed E-state index contributed by atoms with van der Waals surface area (Å²) >= 11 is 5.51. The molecule has 3 aromatic rings. The van der Waals surface area contributed by atoms with E-state index in [4.69, 9.17) is 19.2 Å². The van der Waals surface area contributed by atoms with Crippen LogP contribution >= 0.6 is 38.5 Å². The molecule has 3 rings (SSSR count). The summed E-state index contributed by atoms with van der Waals surface area (Å²) in [7, 11) is 2.81. The molecule has 0 saturated carbocycles. The molecule has 1 aromatic heterocycles. The molecule has 0 fully saturated rings. The second-order valence-corrected chi connectivity index (χ2v) is 10.6. The van der Waals surface area contributed by atoms with Gasteiger partial charge in [0.15, 0.2) is 17.6 Å². The molecule has 0 aliphatic heterocycles. The molecule has 0 aliphatic rings. The number of rotatable bonds is 6. The lowest BCUT2D eigenvalue weighted by molar-refractivity contribution is -0.147. The average molecular weight is 642 g/mol. The first-order valence-electron chi connectivity index (χ1n) is 10.4. The molecule has 0 aliphatic carbocycles. The number of nitrogens with zero attached hydrogens (tertiary/aromatic N) is 3. The summed E-state index contributed by atoms with van der Waals surface area (Å²) in [5.41, 5.74) is 0.606. The number of halogens is 2. The summed E-state index contributed by atoms with van der Waals surface area (Å²) in [5, 5.41) is 4.96. The van der Waals surface area contributed by atoms with Crippen LogP contribution in [0.4, 0.5) is 0 Å². The van der Waals surface area contributed by atoms with E-state index in [1.54, 1.807) is 25.3 Å². The van der Waals surface area contributed by atoms with Gasteiger partial charge in [-0.05, 0) is 65.4 Å². The Balaban J connectivity index is 2.09. The van der Waals surface area contributed by atoms with Crippen LogP contribution in [0.2, 0.25) is 0 Å². The van der Waals surface area contributed by atoms with Crippen LogP contribution in [-0.4, -0.2) is 42.2 Å². The Labute approximate surface area is 219 Å². The lowest BCUT2D eigenvalue weighted by Gasteiger charge is -2.21. The van der Waals surface area contributed by atoms with E-state index in [9.17, 15) is 9.59 Å². The first-order chi connectivity index (χ1) is 16.0. The molecule has 1 heterocycles. The largest absolute Gasteiger partial charge is 0.493 e. The fraction of sp³-hybridized carbons (Fsp3) is 0.333. The molecule has 0 amide bonds. The molecule has 0 bridgehead atoms. The van der Waals surface area contributed by atoms with Crippen molar-refractivity contribution in [2.75, 3.05) is 14.2 Å². The molecule has 2 aromatic carbocycles. The van der Waals surface area contributed by atoms with E-state index in [-0.39, 0.29) is 5.56 Å². The number of esters is 1. The molecular weight excluding hydrogens is 617 g/mol. The van der Waals surface area contributed by atoms with Crippen LogP contribution in [0.5, 0.6) is 11.5 Å². The molecule has 0 radical (unpaired) electrons. The van der Waals surface area contributed by atoms with Crippen molar-refractivity contribution in [2.45, 2.75) is 39.2 Å². The number of hydrogen-bond acceptors (Lipinski definition) is 7. The fourth-order valence-corrected chi connectivity index (χ4v) is 4.30. The number of methoxy groups -OCH3 is 2. The van der Waals surface area contributed by atoms with E-state index < -0.39 is 17.5 Å². The number of benzene rings is 2. The number of hydrogen-bond donors (Lipinski definition) is 0. The summed E-state index contributed by atoms with van der Waals surface area (Å²) in [4.78, 5) is 29.8. The third-order valence-electron chi connectivity index (χ3n) is 4.88. The zero-order valence-electron chi connectivity index (χ0n) is 19.7. The quantitative estimate of drug-likeness (QED) is 0.216. The Bertz CT molecular complexity index is 1330. The predicted molar refractivity (Wildman–Crippen MR) is 143 cm³/mol. The summed E-state index contributed by atoms with van der Waals surface area (Å²) in [6, 6.07) is 8.94. The average Bonchev–Trinajstić information content (AvgIpc) is 2.78. The second kappa shape index (κ2) is 10.4. The van der Waals surface area contributed by atoms with Crippen LogP contribution < -0.4 is 15.0 Å². The maximum Gasteiger partial charge on any atom is 0.346 e. The monoisotopic (exact) mass is 641 g/mol. The molecule has 0 N–H and O–H groups in total. The summed E-state index contributed by atoms with van der Waals surface area (Å²) in [5.74, 6) is 0.890. The molecule has 0 saturated heterocycles. The third kappa shape index (κ3) is 5.60. The number of carbonyl (C=O) groups is 1. The number of ether oxygens (including phenoxy) is 3. The summed E-state index contributed by atoms with van der Waals surface area (Å²) in [6.07, 6.45) is 0.767. The van der Waals surface area contributed by atoms with E-state index in [1.807, 2.05) is 39.0 Å². The lowest BCUT2D eigenvalue weighted by atomic mass is 9.95. The van der Waals surface area contributed by atoms with Gasteiger partial charge >= 0.3 is 5.97 Å². The van der Waals surface area contributed by atoms with Crippen LogP contribution in [-0.2, 0) is 14.9 Å². The van der Waals surface area contributed by atoms with Gasteiger partial charge < -0.3 is 14.2 Å². The summed E-state index contributed by atoms with van der Waals surface area (Å²) < 4.78 is 18.8. The highest BCUT2D eigenvalue weighted by atomic mass is 127. The number of aromatic nitrogens is 2. The minimum Gasteiger partial charge on any atom is -0.493 e. The highest BCUT2D eigenvalue weighted by molar-refractivity contribution is 14.1. The van der Waals surface area contributed by atoms with Crippen molar-refractivity contribution in [3.63, 3.8) is 0 Å². The molecule has 1 atom stereocenters. The molecular formula is C24H25BrIN3O5. The van der Waals surface area contributed by atoms with Crippen molar-refractivity contribution in [1.29, 1.82) is 0 Å². The molecule has 0 spiro atoms. The van der Waals surface area contributed by atoms with Gasteiger partial charge in [0.1, 0.15) is 5.82 Å². The predicted octanol–water partition coefficient (Wildman–Crippen LogP) is 4.89. The molecule has 180 valence electrons. The summed E-state index contributed by atoms with van der Waals surface area (Å²) in [6.45, 7) is 7.53. The van der Waals surface area contributed by atoms with Crippen LogP contribution in [0.25, 0.3) is 10.9 Å². The Hall–Kier alpha value is -2.47. The first kappa shape index (κ1) is 26.1. The highest BCUT2D eigenvalue weighted by Crippen LogP contribution is 2.34. The topological polar surface area (TPSA) is 92.0 Å². The van der Waals surface area contributed by atoms with E-state index >= 15 is 0 Å². The van der Waals surface area contributed by atoms with Crippen molar-refractivity contribution < 1.29 is 19.0 Å². The van der Waals surface area contributed by atoms with Gasteiger partial charge in [0.2, 0.25) is 0 Å². The fourth-order valence-electron chi connectivity index (χ4n) is 3.19. The van der Waals surface area contributed by atoms with Crippen molar-refractivity contribution in [2.24, 2.45) is 5.10 Å². The highest BCUT2D eigenvalue weighted by Gasteiger charge is 2.23. The van der Waals surface area contributed by atoms with Gasteiger partial charge in [-0.15, -0.1) is 0 Å². The Kier molecular flexibility index (Phi) is 8.02. The Morgan fingerprint density at radius 3 is 2.56 bits per heavy atom. The second-order valence-electron chi connectivity index (χ2n) is 8.53. The van der Waals surface area contributed by atoms with Crippen molar-refractivity contribution in [3.05, 3.63) is 60.1 Å². The Morgan fingerprint density at radius 1 is 1.24 bits per heavy atom. The van der Waals surface area contributed by atoms with E-state index in [0.717, 1.165) is 4.47 Å². The maximum atomic E-state index is 13.3. The van der Waals surface area contributed by atoms with Gasteiger partial charge in [-0.3, -0.25) is 4.79 Å². The minimum atomic E-state index is -0.803. The lowest BCUT2D eigenvalue weighted by Crippen LogP contribution is -2.29. The zero-order chi connectivity index (χ0) is 25.2. The van der Waals surface area contributed by atoms with Crippen LogP contribution in [0, 0.1) is 3.57 Å². The van der Waals surface area contributed by atoms with Crippen LogP contribution in [0.15, 0.2) is 44.7 Å². The number of fused-ring (bicyclic) bond motifs is 1. The maximum absolute atomic E-state index is 13.3. The van der Waals surface area contributed by atoms with E-state index in [2.05, 4.69) is 43.6 Å². The zero-order valence-corrected chi connectivity index (χ0v) is 23.4. The van der Waals surface area contributed by atoms with Crippen molar-refractivity contribution in [1.82, 2.24) is 9.66 Å². The molecule has 10 heteroatoms. The van der Waals surface area contributed by atoms with Gasteiger partial charge in [-0.25, -0.2) is 9.78 Å². The normalized spacial score (nSPS) is 12.7. The van der Waals surface area contributed by atoms with Gasteiger partial charge in [0.25, 0.3) is 5.56 Å². The van der Waals surface area contributed by atoms with Gasteiger partial charge in [0.05, 0.1) is 34.9 Å². The standard InChI is InChI=1S/C24H25BrIN3O5/c1-13(22(31)33-6)34-20-17(26)9-14(10-19(20)32-5)12-27-29-21(30)16-11-15(25)7-8-18(16)28-23(29)24(2,3)4/h7-13H,1-6H3/t13-/m1/s1. The first-order valence-corrected chi connectivity index (χ1v) is 12.2. The third-order valence-corrected chi connectivity index (χ3v) is 6.18. The number of carbonyl (C=O) groups excluding carboxylic acids is 1. The van der Waals surface area contributed by atoms with E-state index in [0.29, 0.717) is 37.4 Å². The van der Waals surface area contributed by atoms with Crippen LogP contribution in [0.3, 0.4) is 0 Å². The van der Waals surface area contributed by atoms with Gasteiger partial charge in [-0.1, -0.05) is 36.7 Å². The SMILES string of the molecule is COC(=O)[C@@H](C)Oc1c(I)cc(C=Nn2c(C(C)(C)C)nc3ccc(Br)cc3c2=O)cc1OC. The molecule has 8 nitrogen and oxygen atoms in total. The molecule has 0 unspecified atom stereocenters. The van der Waals surface area contributed by atoms with Gasteiger partial charge in [0, 0.05) is 9.89 Å². The van der Waals surface area contributed by atoms with Crippen molar-refractivity contribution in [3.8, 4) is 11.5 Å². The minimum absolute atomic E-state index is 0.263. The van der Waals surface area contributed by atoms with E-state index in [1.165, 1.54) is 18.9 Å². The Morgan fingerprint density at radius 2 is 1.94 bits per heavy atom. The van der Waals surface area contributed by atoms with Gasteiger partial charge in [-0.2, -0.15) is 9.78 Å². The van der Waals surface area contributed by atoms with Crippen LogP contribution in [0.1, 0.15) is 39.1 Å². The van der Waals surface area contributed by atoms with Crippen molar-refractivity contribution >= 4 is 61.6 Å².